The lowest BCUT2D eigenvalue weighted by atomic mass is 9.87. The van der Waals surface area contributed by atoms with Crippen LogP contribution in [0.1, 0.15) is 40.5 Å². The maximum absolute atomic E-state index is 12.3. The van der Waals surface area contributed by atoms with Crippen molar-refractivity contribution in [3.05, 3.63) is 40.5 Å². The molecule has 0 saturated heterocycles. The van der Waals surface area contributed by atoms with Crippen LogP contribution in [0.2, 0.25) is 0 Å². The summed E-state index contributed by atoms with van der Waals surface area (Å²) in [5.41, 5.74) is 4.88. The van der Waals surface area contributed by atoms with Crippen molar-refractivity contribution < 1.29 is 14.7 Å². The summed E-state index contributed by atoms with van der Waals surface area (Å²) in [5, 5.41) is 20.6. The van der Waals surface area contributed by atoms with E-state index in [-0.39, 0.29) is 24.8 Å². The summed E-state index contributed by atoms with van der Waals surface area (Å²) in [6.45, 7) is 5.37. The minimum absolute atomic E-state index is 0.183. The molecule has 9 nitrogen and oxygen atoms in total. The molecule has 4 rings (SSSR count). The van der Waals surface area contributed by atoms with Crippen LogP contribution in [-0.4, -0.2) is 41.4 Å². The highest BCUT2D eigenvalue weighted by Crippen LogP contribution is 2.40. The molecule has 26 heavy (non-hydrogen) atoms. The molecule has 0 fully saturated rings. The van der Waals surface area contributed by atoms with E-state index in [4.69, 9.17) is 5.11 Å². The first-order valence-electron chi connectivity index (χ1n) is 8.26. The first-order valence-corrected chi connectivity index (χ1v) is 8.26. The molecule has 3 aromatic rings. The highest BCUT2D eigenvalue weighted by Gasteiger charge is 2.34. The van der Waals surface area contributed by atoms with Crippen molar-refractivity contribution in [1.29, 1.82) is 0 Å². The third kappa shape index (κ3) is 2.43. The molecule has 0 spiro atoms. The average molecular weight is 354 g/mol. The Balaban J connectivity index is 1.91. The number of nitrogens with one attached hydrogen (secondary N) is 1. The van der Waals surface area contributed by atoms with E-state index in [2.05, 4.69) is 20.5 Å². The smallest absolute Gasteiger partial charge is 0.325 e. The minimum atomic E-state index is -1.02. The zero-order valence-corrected chi connectivity index (χ0v) is 14.6. The van der Waals surface area contributed by atoms with Crippen LogP contribution in [0.5, 0.6) is 0 Å². The van der Waals surface area contributed by atoms with Crippen LogP contribution in [0.3, 0.4) is 0 Å². The molecular weight excluding hydrogens is 336 g/mol. The molecule has 9 heteroatoms. The number of aromatic nitrogens is 5. The number of hydrogen-bond acceptors (Lipinski definition) is 5. The van der Waals surface area contributed by atoms with E-state index in [0.29, 0.717) is 17.2 Å². The molecule has 1 aliphatic heterocycles. The Morgan fingerprint density at radius 1 is 1.38 bits per heavy atom. The summed E-state index contributed by atoms with van der Waals surface area (Å²) in [5.74, 6) is -1.03. The zero-order chi connectivity index (χ0) is 18.6. The van der Waals surface area contributed by atoms with Crippen LogP contribution in [-0.2, 0) is 16.1 Å². The van der Waals surface area contributed by atoms with Crippen molar-refractivity contribution in [1.82, 2.24) is 24.4 Å². The van der Waals surface area contributed by atoms with Crippen LogP contribution in [0.25, 0.3) is 5.65 Å². The van der Waals surface area contributed by atoms with Crippen molar-refractivity contribution >= 4 is 23.3 Å². The van der Waals surface area contributed by atoms with Gasteiger partial charge >= 0.3 is 5.97 Å². The molecule has 0 aliphatic carbocycles. The second-order valence-electron chi connectivity index (χ2n) is 6.58. The fourth-order valence-corrected chi connectivity index (χ4v) is 3.66. The Morgan fingerprint density at radius 3 is 2.88 bits per heavy atom. The van der Waals surface area contributed by atoms with E-state index in [1.807, 2.05) is 26.8 Å². The summed E-state index contributed by atoms with van der Waals surface area (Å²) in [4.78, 5) is 28.0. The predicted molar refractivity (Wildman–Crippen MR) is 92.2 cm³/mol. The Morgan fingerprint density at radius 2 is 2.15 bits per heavy atom. The van der Waals surface area contributed by atoms with E-state index in [1.54, 1.807) is 10.7 Å². The average Bonchev–Trinajstić information content (AvgIpc) is 3.08. The number of carbonyl (C=O) groups excluding carboxylic acids is 1. The second-order valence-corrected chi connectivity index (χ2v) is 6.58. The standard InChI is InChI=1S/C17H18N6O3/c1-8-4-9(2)23-16(19-8)12(6-18-23)11-5-13(24)20-17-15(11)10(3)21-22(17)7-14(25)26/h4,6,11H,5,7H2,1-3H3,(H,20,24)(H,25,26). The third-order valence-corrected chi connectivity index (χ3v) is 4.64. The number of aryl methyl sites for hydroxylation is 3. The summed E-state index contributed by atoms with van der Waals surface area (Å²) >= 11 is 0. The number of hydrogen-bond donors (Lipinski definition) is 2. The molecule has 1 atom stereocenters. The summed E-state index contributed by atoms with van der Waals surface area (Å²) in [7, 11) is 0. The molecule has 0 radical (unpaired) electrons. The van der Waals surface area contributed by atoms with Crippen molar-refractivity contribution in [2.75, 3.05) is 5.32 Å². The quantitative estimate of drug-likeness (QED) is 0.735. The molecule has 0 bridgehead atoms. The van der Waals surface area contributed by atoms with Gasteiger partial charge in [-0.2, -0.15) is 10.2 Å². The van der Waals surface area contributed by atoms with Crippen molar-refractivity contribution in [2.24, 2.45) is 0 Å². The van der Waals surface area contributed by atoms with Gasteiger partial charge in [-0.05, 0) is 26.8 Å². The molecule has 134 valence electrons. The molecule has 4 heterocycles. The summed E-state index contributed by atoms with van der Waals surface area (Å²) < 4.78 is 3.08. The van der Waals surface area contributed by atoms with Gasteiger partial charge in [0.25, 0.3) is 0 Å². The van der Waals surface area contributed by atoms with Gasteiger partial charge in [-0.25, -0.2) is 14.2 Å². The van der Waals surface area contributed by atoms with E-state index >= 15 is 0 Å². The summed E-state index contributed by atoms with van der Waals surface area (Å²) in [6, 6.07) is 1.94. The molecule has 1 aliphatic rings. The zero-order valence-electron chi connectivity index (χ0n) is 14.6. The lowest BCUT2D eigenvalue weighted by molar-refractivity contribution is -0.137. The minimum Gasteiger partial charge on any atom is -0.480 e. The van der Waals surface area contributed by atoms with Crippen LogP contribution >= 0.6 is 0 Å². The molecule has 2 N–H and O–H groups in total. The van der Waals surface area contributed by atoms with Gasteiger partial charge in [-0.1, -0.05) is 0 Å². The molecule has 0 saturated carbocycles. The van der Waals surface area contributed by atoms with Crippen LogP contribution in [0, 0.1) is 20.8 Å². The van der Waals surface area contributed by atoms with Crippen molar-refractivity contribution in [2.45, 2.75) is 39.7 Å². The number of aliphatic carboxylic acids is 1. The Kier molecular flexibility index (Phi) is 3.53. The number of amides is 1. The van der Waals surface area contributed by atoms with Gasteiger partial charge in [0, 0.05) is 34.9 Å². The number of nitrogens with zero attached hydrogens (tertiary/aromatic N) is 5. The Bertz CT molecular complexity index is 1060. The maximum Gasteiger partial charge on any atom is 0.325 e. The number of carbonyl (C=O) groups is 2. The Labute approximate surface area is 148 Å². The maximum atomic E-state index is 12.3. The first-order chi connectivity index (χ1) is 12.3. The molecule has 1 amide bonds. The number of rotatable bonds is 3. The lowest BCUT2D eigenvalue weighted by Gasteiger charge is -2.23. The van der Waals surface area contributed by atoms with Gasteiger partial charge in [0.05, 0.1) is 11.9 Å². The van der Waals surface area contributed by atoms with Crippen LogP contribution < -0.4 is 5.32 Å². The van der Waals surface area contributed by atoms with Gasteiger partial charge in [0.15, 0.2) is 5.65 Å². The molecular formula is C17H18N6O3. The SMILES string of the molecule is Cc1cc(C)n2ncc(C3CC(=O)Nc4c3c(C)nn4CC(=O)O)c2n1. The number of fused-ring (bicyclic) bond motifs is 2. The number of carboxylic acid groups (broad SMARTS) is 1. The van der Waals surface area contributed by atoms with Crippen molar-refractivity contribution in [3.8, 4) is 0 Å². The van der Waals surface area contributed by atoms with Gasteiger partial charge < -0.3 is 10.4 Å². The van der Waals surface area contributed by atoms with E-state index in [9.17, 15) is 9.59 Å². The fraction of sp³-hybridized carbons (Fsp3) is 0.353. The number of carboxylic acids is 1. The van der Waals surface area contributed by atoms with Crippen LogP contribution in [0.4, 0.5) is 5.82 Å². The topological polar surface area (TPSA) is 114 Å². The van der Waals surface area contributed by atoms with Crippen molar-refractivity contribution in [3.63, 3.8) is 0 Å². The summed E-state index contributed by atoms with van der Waals surface area (Å²) in [6.07, 6.45) is 1.97. The largest absolute Gasteiger partial charge is 0.480 e. The second kappa shape index (κ2) is 5.65. The predicted octanol–water partition coefficient (Wildman–Crippen LogP) is 1.41. The number of anilines is 1. The molecule has 0 aromatic carbocycles. The highest BCUT2D eigenvalue weighted by molar-refractivity contribution is 5.95. The van der Waals surface area contributed by atoms with E-state index in [0.717, 1.165) is 22.5 Å². The lowest BCUT2D eigenvalue weighted by Crippen LogP contribution is -2.26. The van der Waals surface area contributed by atoms with Crippen LogP contribution in [0.15, 0.2) is 12.3 Å². The molecule has 1 unspecified atom stereocenters. The highest BCUT2D eigenvalue weighted by atomic mass is 16.4. The van der Waals surface area contributed by atoms with E-state index < -0.39 is 5.97 Å². The third-order valence-electron chi connectivity index (χ3n) is 4.64. The monoisotopic (exact) mass is 354 g/mol. The first kappa shape index (κ1) is 16.2. The normalized spacial score (nSPS) is 16.6. The van der Waals surface area contributed by atoms with Gasteiger partial charge in [0.2, 0.25) is 5.91 Å². The van der Waals surface area contributed by atoms with Gasteiger partial charge in [-0.15, -0.1) is 0 Å². The van der Waals surface area contributed by atoms with Gasteiger partial charge in [0.1, 0.15) is 12.4 Å². The van der Waals surface area contributed by atoms with E-state index in [1.165, 1.54) is 4.68 Å². The molecule has 3 aromatic heterocycles. The van der Waals surface area contributed by atoms with Gasteiger partial charge in [-0.3, -0.25) is 9.59 Å². The fourth-order valence-electron chi connectivity index (χ4n) is 3.66. The Hall–Kier alpha value is -3.23.